The van der Waals surface area contributed by atoms with E-state index in [-0.39, 0.29) is 18.2 Å². The van der Waals surface area contributed by atoms with Gasteiger partial charge >= 0.3 is 5.97 Å². The zero-order valence-electron chi connectivity index (χ0n) is 17.9. The van der Waals surface area contributed by atoms with Gasteiger partial charge in [-0.2, -0.15) is 5.26 Å². The summed E-state index contributed by atoms with van der Waals surface area (Å²) in [7, 11) is 1.34. The molecule has 1 aliphatic heterocycles. The monoisotopic (exact) mass is 436 g/mol. The molecule has 1 atom stereocenters. The highest BCUT2D eigenvalue weighted by molar-refractivity contribution is 6.23. The first-order valence-electron chi connectivity index (χ1n) is 10.3. The third-order valence-electron chi connectivity index (χ3n) is 5.13. The molecule has 3 aromatic carbocycles. The average molecular weight is 436 g/mol. The summed E-state index contributed by atoms with van der Waals surface area (Å²) in [5.74, 6) is -0.337. The van der Waals surface area contributed by atoms with Gasteiger partial charge in [-0.25, -0.2) is 0 Å². The maximum atomic E-state index is 12.7. The van der Waals surface area contributed by atoms with Crippen LogP contribution in [0, 0.1) is 17.2 Å². The molecule has 0 fully saturated rings. The average Bonchev–Trinajstić information content (AvgIpc) is 2.85. The Morgan fingerprint density at radius 2 is 1.70 bits per heavy atom. The number of carbonyl (C=O) groups excluding carboxylic acids is 2. The molecule has 1 aliphatic rings. The van der Waals surface area contributed by atoms with Crippen molar-refractivity contribution in [1.82, 2.24) is 0 Å². The second-order valence-electron chi connectivity index (χ2n) is 7.38. The largest absolute Gasteiger partial charge is 0.469 e. The van der Waals surface area contributed by atoms with E-state index in [4.69, 9.17) is 9.47 Å². The molecular formula is C27H20N2O4. The number of para-hydroxylation sites is 1. The molecule has 6 nitrogen and oxygen atoms in total. The van der Waals surface area contributed by atoms with Gasteiger partial charge in [-0.1, -0.05) is 36.4 Å². The summed E-state index contributed by atoms with van der Waals surface area (Å²) < 4.78 is 10.5. The minimum absolute atomic E-state index is 0.117. The highest BCUT2D eigenvalue weighted by Crippen LogP contribution is 2.28. The molecule has 0 saturated carbocycles. The van der Waals surface area contributed by atoms with Crippen LogP contribution in [0.3, 0.4) is 0 Å². The van der Waals surface area contributed by atoms with Gasteiger partial charge in [0, 0.05) is 11.6 Å². The lowest BCUT2D eigenvalue weighted by Gasteiger charge is -2.18. The van der Waals surface area contributed by atoms with Crippen LogP contribution in [-0.4, -0.2) is 24.6 Å². The topological polar surface area (TPSA) is 88.8 Å². The van der Waals surface area contributed by atoms with Gasteiger partial charge in [-0.05, 0) is 53.6 Å². The predicted octanol–water partition coefficient (Wildman–Crippen LogP) is 4.75. The zero-order chi connectivity index (χ0) is 23.2. The molecule has 1 unspecified atom stereocenters. The molecule has 0 amide bonds. The van der Waals surface area contributed by atoms with Crippen molar-refractivity contribution in [2.75, 3.05) is 7.11 Å². The highest BCUT2D eigenvalue weighted by atomic mass is 16.5. The fraction of sp³-hybridized carbons (Fsp3) is 0.111. The Hall–Kier alpha value is -4.50. The van der Waals surface area contributed by atoms with Crippen molar-refractivity contribution in [3.8, 4) is 17.6 Å². The molecule has 1 heterocycles. The summed E-state index contributed by atoms with van der Waals surface area (Å²) in [6.07, 6.45) is 1.49. The second kappa shape index (κ2) is 9.75. The van der Waals surface area contributed by atoms with Crippen LogP contribution in [0.15, 0.2) is 89.9 Å². The molecule has 0 radical (unpaired) electrons. The number of ketones is 1. The van der Waals surface area contributed by atoms with Crippen LogP contribution in [0.25, 0.3) is 5.70 Å². The van der Waals surface area contributed by atoms with Crippen LogP contribution in [0.1, 0.15) is 16.7 Å². The van der Waals surface area contributed by atoms with Gasteiger partial charge in [0.25, 0.3) is 0 Å². The van der Waals surface area contributed by atoms with Crippen molar-refractivity contribution >= 4 is 23.2 Å². The maximum Gasteiger partial charge on any atom is 0.309 e. The molecule has 3 aromatic rings. The summed E-state index contributed by atoms with van der Waals surface area (Å²) in [4.78, 5) is 29.0. The van der Waals surface area contributed by atoms with Gasteiger partial charge in [0.1, 0.15) is 11.5 Å². The fourth-order valence-electron chi connectivity index (χ4n) is 3.48. The number of hydrogen-bond donors (Lipinski definition) is 0. The molecule has 6 heteroatoms. The number of esters is 1. The lowest BCUT2D eigenvalue weighted by atomic mass is 9.90. The minimum atomic E-state index is -0.993. The first-order chi connectivity index (χ1) is 16.1. The summed E-state index contributed by atoms with van der Waals surface area (Å²) in [5.41, 5.74) is 2.91. The number of allylic oxidation sites excluding steroid dienone is 1. The van der Waals surface area contributed by atoms with Crippen LogP contribution < -0.4 is 4.74 Å². The Kier molecular flexibility index (Phi) is 6.42. The Labute approximate surface area is 191 Å². The molecule has 4 rings (SSSR count). The van der Waals surface area contributed by atoms with E-state index in [1.807, 2.05) is 36.4 Å². The van der Waals surface area contributed by atoms with Gasteiger partial charge in [0.2, 0.25) is 0 Å². The number of hydrogen-bond acceptors (Lipinski definition) is 6. The van der Waals surface area contributed by atoms with Crippen molar-refractivity contribution in [3.63, 3.8) is 0 Å². The molecule has 0 aliphatic carbocycles. The summed E-state index contributed by atoms with van der Waals surface area (Å²) in [6.45, 7) is 0. The van der Waals surface area contributed by atoms with Gasteiger partial charge in [-0.3, -0.25) is 14.6 Å². The summed E-state index contributed by atoms with van der Waals surface area (Å²) in [5, 5.41) is 9.61. The lowest BCUT2D eigenvalue weighted by molar-refractivity contribution is -0.139. The van der Waals surface area contributed by atoms with E-state index in [0.717, 1.165) is 5.56 Å². The first kappa shape index (κ1) is 21.7. The smallest absolute Gasteiger partial charge is 0.309 e. The van der Waals surface area contributed by atoms with Crippen LogP contribution in [0.2, 0.25) is 0 Å². The minimum Gasteiger partial charge on any atom is -0.469 e. The lowest BCUT2D eigenvalue weighted by Crippen LogP contribution is -2.25. The number of rotatable bonds is 6. The molecule has 0 N–H and O–H groups in total. The number of benzene rings is 3. The number of nitriles is 1. The van der Waals surface area contributed by atoms with Crippen molar-refractivity contribution in [3.05, 3.63) is 102 Å². The van der Waals surface area contributed by atoms with Crippen LogP contribution in [-0.2, 0) is 20.7 Å². The number of methoxy groups -OCH3 is 1. The van der Waals surface area contributed by atoms with Crippen molar-refractivity contribution in [2.24, 2.45) is 10.9 Å². The molecule has 0 spiro atoms. The van der Waals surface area contributed by atoms with E-state index in [1.54, 1.807) is 42.5 Å². The third kappa shape index (κ3) is 5.05. The summed E-state index contributed by atoms with van der Waals surface area (Å²) in [6, 6.07) is 25.8. The quantitative estimate of drug-likeness (QED) is 0.521. The highest BCUT2D eigenvalue weighted by Gasteiger charge is 2.29. The third-order valence-corrected chi connectivity index (χ3v) is 5.13. The molecule has 33 heavy (non-hydrogen) atoms. The second-order valence-corrected chi connectivity index (χ2v) is 7.38. The Morgan fingerprint density at radius 3 is 2.39 bits per heavy atom. The molecule has 0 aromatic heterocycles. The molecular weight excluding hydrogens is 416 g/mol. The standard InChI is InChI=1S/C27H20N2O4/c1-32-26(31)15-18-6-5-7-20(14-18)24-16-25(30)23(17-28)27(29-24)19-10-12-22(13-11-19)33-21-8-3-2-4-9-21/h2-14,16,23H,15H2,1H3. The van der Waals surface area contributed by atoms with E-state index in [9.17, 15) is 14.9 Å². The molecule has 0 bridgehead atoms. The predicted molar refractivity (Wildman–Crippen MR) is 124 cm³/mol. The van der Waals surface area contributed by atoms with Gasteiger partial charge in [0.15, 0.2) is 11.7 Å². The van der Waals surface area contributed by atoms with Crippen molar-refractivity contribution in [1.29, 1.82) is 5.26 Å². The van der Waals surface area contributed by atoms with E-state index in [1.165, 1.54) is 13.2 Å². The SMILES string of the molecule is COC(=O)Cc1cccc(C2=CC(=O)C(C#N)C(c3ccc(Oc4ccccc4)cc3)=N2)c1. The zero-order valence-corrected chi connectivity index (χ0v) is 17.9. The normalized spacial score (nSPS) is 15.2. The number of carbonyl (C=O) groups is 2. The van der Waals surface area contributed by atoms with Crippen LogP contribution >= 0.6 is 0 Å². The Bertz CT molecular complexity index is 1290. The van der Waals surface area contributed by atoms with Crippen LogP contribution in [0.5, 0.6) is 11.5 Å². The van der Waals surface area contributed by atoms with E-state index >= 15 is 0 Å². The van der Waals surface area contributed by atoms with Gasteiger partial charge in [0.05, 0.1) is 31.0 Å². The van der Waals surface area contributed by atoms with Gasteiger partial charge < -0.3 is 9.47 Å². The Balaban J connectivity index is 1.63. The first-order valence-corrected chi connectivity index (χ1v) is 10.3. The molecule has 0 saturated heterocycles. The Morgan fingerprint density at radius 1 is 0.970 bits per heavy atom. The molecule has 162 valence electrons. The van der Waals surface area contributed by atoms with E-state index in [0.29, 0.717) is 34.0 Å². The number of aliphatic imine (C=N–C) groups is 1. The van der Waals surface area contributed by atoms with Crippen molar-refractivity contribution in [2.45, 2.75) is 6.42 Å². The van der Waals surface area contributed by atoms with Gasteiger partial charge in [-0.15, -0.1) is 0 Å². The van der Waals surface area contributed by atoms with Crippen LogP contribution in [0.4, 0.5) is 0 Å². The summed E-state index contributed by atoms with van der Waals surface area (Å²) >= 11 is 0. The van der Waals surface area contributed by atoms with Crippen molar-refractivity contribution < 1.29 is 19.1 Å². The number of ether oxygens (including phenoxy) is 2. The van der Waals surface area contributed by atoms with E-state index in [2.05, 4.69) is 11.1 Å². The fourth-order valence-corrected chi connectivity index (χ4v) is 3.48. The van der Waals surface area contributed by atoms with E-state index < -0.39 is 5.92 Å². The maximum absolute atomic E-state index is 12.7. The number of nitrogens with zero attached hydrogens (tertiary/aromatic N) is 2.